The molecule has 1 aromatic carbocycles. The van der Waals surface area contributed by atoms with Gasteiger partial charge in [0.2, 0.25) is 15.9 Å². The van der Waals surface area contributed by atoms with E-state index in [4.69, 9.17) is 0 Å². The minimum atomic E-state index is -3.41. The van der Waals surface area contributed by atoms with Gasteiger partial charge < -0.3 is 5.32 Å². The molecular formula is C17H22N2O3S3. The Morgan fingerprint density at radius 2 is 1.92 bits per heavy atom. The standard InChI is InChI=1S/C17H22N2O3S3/c1-18-25(21,22)16-5-2-14(3-6-16)4-7-17(20)19-9-11-24-13-15-8-10-23-12-15/h2-3,5-6,8,10,12,18H,4,7,9,11,13H2,1H3,(H,19,20). The molecule has 1 aromatic heterocycles. The normalized spacial score (nSPS) is 11.4. The number of hydrogen-bond donors (Lipinski definition) is 2. The van der Waals surface area contributed by atoms with E-state index in [1.807, 2.05) is 0 Å². The first-order valence-corrected chi connectivity index (χ1v) is 11.5. The van der Waals surface area contributed by atoms with Gasteiger partial charge in [0.05, 0.1) is 4.90 Å². The highest BCUT2D eigenvalue weighted by molar-refractivity contribution is 7.98. The molecule has 1 heterocycles. The first-order valence-electron chi connectivity index (χ1n) is 7.89. The Morgan fingerprint density at radius 3 is 2.56 bits per heavy atom. The monoisotopic (exact) mass is 398 g/mol. The quantitative estimate of drug-likeness (QED) is 0.603. The molecule has 0 bridgehead atoms. The van der Waals surface area contributed by atoms with Crippen LogP contribution < -0.4 is 10.0 Å². The lowest BCUT2D eigenvalue weighted by Crippen LogP contribution is -2.25. The molecule has 0 spiro atoms. The Morgan fingerprint density at radius 1 is 1.16 bits per heavy atom. The average molecular weight is 399 g/mol. The van der Waals surface area contributed by atoms with Crippen LogP contribution in [0.25, 0.3) is 0 Å². The molecule has 0 aliphatic carbocycles. The van der Waals surface area contributed by atoms with E-state index in [-0.39, 0.29) is 10.8 Å². The number of sulfonamides is 1. The summed E-state index contributed by atoms with van der Waals surface area (Å²) in [5.41, 5.74) is 2.27. The lowest BCUT2D eigenvalue weighted by Gasteiger charge is -2.06. The van der Waals surface area contributed by atoms with Gasteiger partial charge in [-0.25, -0.2) is 13.1 Å². The maximum atomic E-state index is 11.9. The van der Waals surface area contributed by atoms with E-state index in [0.717, 1.165) is 17.1 Å². The van der Waals surface area contributed by atoms with Crippen molar-refractivity contribution in [2.24, 2.45) is 0 Å². The highest BCUT2D eigenvalue weighted by Crippen LogP contribution is 2.14. The average Bonchev–Trinajstić information content (AvgIpc) is 3.13. The maximum Gasteiger partial charge on any atom is 0.240 e. The molecule has 2 aromatic rings. The smallest absolute Gasteiger partial charge is 0.240 e. The van der Waals surface area contributed by atoms with Gasteiger partial charge >= 0.3 is 0 Å². The molecular weight excluding hydrogens is 376 g/mol. The largest absolute Gasteiger partial charge is 0.355 e. The molecule has 0 unspecified atom stereocenters. The van der Waals surface area contributed by atoms with Crippen LogP contribution >= 0.6 is 23.1 Å². The van der Waals surface area contributed by atoms with Crippen molar-refractivity contribution in [1.29, 1.82) is 0 Å². The molecule has 0 fully saturated rings. The number of hydrogen-bond acceptors (Lipinski definition) is 5. The van der Waals surface area contributed by atoms with E-state index in [1.165, 1.54) is 12.6 Å². The van der Waals surface area contributed by atoms with Crippen LogP contribution in [-0.2, 0) is 27.0 Å². The SMILES string of the molecule is CNS(=O)(=O)c1ccc(CCC(=O)NCCSCc2ccsc2)cc1. The number of thioether (sulfide) groups is 1. The highest BCUT2D eigenvalue weighted by Gasteiger charge is 2.10. The van der Waals surface area contributed by atoms with Crippen LogP contribution in [0.4, 0.5) is 0 Å². The molecule has 8 heteroatoms. The predicted octanol–water partition coefficient (Wildman–Crippen LogP) is 2.64. The Balaban J connectivity index is 1.64. The summed E-state index contributed by atoms with van der Waals surface area (Å²) in [5.74, 6) is 1.88. The van der Waals surface area contributed by atoms with Gasteiger partial charge in [0, 0.05) is 24.5 Å². The summed E-state index contributed by atoms with van der Waals surface area (Å²) in [6, 6.07) is 8.71. The van der Waals surface area contributed by atoms with Gasteiger partial charge in [-0.3, -0.25) is 4.79 Å². The molecule has 0 atom stereocenters. The molecule has 0 saturated heterocycles. The van der Waals surface area contributed by atoms with Gasteiger partial charge in [0.15, 0.2) is 0 Å². The zero-order valence-corrected chi connectivity index (χ0v) is 16.5. The molecule has 0 saturated carbocycles. The summed E-state index contributed by atoms with van der Waals surface area (Å²) in [7, 11) is -2.03. The summed E-state index contributed by atoms with van der Waals surface area (Å²) in [4.78, 5) is 12.1. The van der Waals surface area contributed by atoms with Crippen molar-refractivity contribution in [3.05, 3.63) is 52.2 Å². The number of benzene rings is 1. The van der Waals surface area contributed by atoms with Crippen LogP contribution in [0, 0.1) is 0 Å². The molecule has 1 amide bonds. The van der Waals surface area contributed by atoms with Crippen molar-refractivity contribution in [3.63, 3.8) is 0 Å². The zero-order valence-electron chi connectivity index (χ0n) is 14.0. The topological polar surface area (TPSA) is 75.3 Å². The number of amides is 1. The second kappa shape index (κ2) is 9.96. The number of carbonyl (C=O) groups is 1. The summed E-state index contributed by atoms with van der Waals surface area (Å²) in [6.45, 7) is 0.660. The van der Waals surface area contributed by atoms with Gasteiger partial charge in [0.25, 0.3) is 0 Å². The molecule has 0 aliphatic heterocycles. The Labute approximate surface area is 157 Å². The van der Waals surface area contributed by atoms with Crippen molar-refractivity contribution >= 4 is 39.0 Å². The zero-order chi connectivity index (χ0) is 18.1. The Hall–Kier alpha value is -1.35. The highest BCUT2D eigenvalue weighted by atomic mass is 32.2. The van der Waals surface area contributed by atoms with Crippen molar-refractivity contribution < 1.29 is 13.2 Å². The van der Waals surface area contributed by atoms with Crippen LogP contribution in [0.1, 0.15) is 17.5 Å². The molecule has 5 nitrogen and oxygen atoms in total. The minimum Gasteiger partial charge on any atom is -0.355 e. The van der Waals surface area contributed by atoms with E-state index < -0.39 is 10.0 Å². The fourth-order valence-corrected chi connectivity index (χ4v) is 4.44. The number of aryl methyl sites for hydroxylation is 1. The summed E-state index contributed by atoms with van der Waals surface area (Å²) in [6.07, 6.45) is 0.987. The second-order valence-corrected chi connectivity index (χ2v) is 9.16. The van der Waals surface area contributed by atoms with Gasteiger partial charge in [-0.15, -0.1) is 0 Å². The van der Waals surface area contributed by atoms with Crippen LogP contribution in [0.5, 0.6) is 0 Å². The van der Waals surface area contributed by atoms with Gasteiger partial charge in [0.1, 0.15) is 0 Å². The number of nitrogens with one attached hydrogen (secondary N) is 2. The van der Waals surface area contributed by atoms with Gasteiger partial charge in [-0.2, -0.15) is 23.1 Å². The molecule has 2 rings (SSSR count). The first-order chi connectivity index (χ1) is 12.0. The van der Waals surface area contributed by atoms with Crippen LogP contribution in [-0.4, -0.2) is 33.7 Å². The molecule has 136 valence electrons. The second-order valence-electron chi connectivity index (χ2n) is 5.39. The third-order valence-electron chi connectivity index (χ3n) is 3.56. The minimum absolute atomic E-state index is 0.0167. The van der Waals surface area contributed by atoms with Crippen molar-refractivity contribution in [3.8, 4) is 0 Å². The summed E-state index contributed by atoms with van der Waals surface area (Å²) in [5, 5.41) is 7.12. The predicted molar refractivity (Wildman–Crippen MR) is 104 cm³/mol. The third kappa shape index (κ3) is 6.81. The fraction of sp³-hybridized carbons (Fsp3) is 0.353. The molecule has 25 heavy (non-hydrogen) atoms. The Bertz CT molecular complexity index is 757. The van der Waals surface area contributed by atoms with E-state index >= 15 is 0 Å². The van der Waals surface area contributed by atoms with Gasteiger partial charge in [-0.05, 0) is 53.6 Å². The molecule has 2 N–H and O–H groups in total. The number of carbonyl (C=O) groups excluding carboxylic acids is 1. The van der Waals surface area contributed by atoms with E-state index in [1.54, 1.807) is 47.4 Å². The van der Waals surface area contributed by atoms with Crippen molar-refractivity contribution in [2.75, 3.05) is 19.3 Å². The summed E-state index contributed by atoms with van der Waals surface area (Å²) >= 11 is 3.50. The maximum absolute atomic E-state index is 11.9. The third-order valence-corrected chi connectivity index (χ3v) is 6.75. The molecule has 0 aliphatic rings. The fourth-order valence-electron chi connectivity index (χ4n) is 2.13. The lowest BCUT2D eigenvalue weighted by molar-refractivity contribution is -0.120. The van der Waals surface area contributed by atoms with Gasteiger partial charge in [-0.1, -0.05) is 12.1 Å². The summed E-state index contributed by atoms with van der Waals surface area (Å²) < 4.78 is 25.6. The lowest BCUT2D eigenvalue weighted by atomic mass is 10.1. The van der Waals surface area contributed by atoms with Crippen LogP contribution in [0.2, 0.25) is 0 Å². The van der Waals surface area contributed by atoms with Crippen LogP contribution in [0.3, 0.4) is 0 Å². The van der Waals surface area contributed by atoms with Crippen LogP contribution in [0.15, 0.2) is 46.0 Å². The van der Waals surface area contributed by atoms with E-state index in [0.29, 0.717) is 19.4 Å². The first kappa shape index (κ1) is 20.0. The van der Waals surface area contributed by atoms with Crippen molar-refractivity contribution in [2.45, 2.75) is 23.5 Å². The number of rotatable bonds is 10. The van der Waals surface area contributed by atoms with Crippen molar-refractivity contribution in [1.82, 2.24) is 10.0 Å². The van der Waals surface area contributed by atoms with E-state index in [2.05, 4.69) is 26.9 Å². The Kier molecular flexibility index (Phi) is 7.95. The van der Waals surface area contributed by atoms with E-state index in [9.17, 15) is 13.2 Å². The number of thiophene rings is 1. The molecule has 0 radical (unpaired) electrons.